The number of anilines is 1. The summed E-state index contributed by atoms with van der Waals surface area (Å²) in [5, 5.41) is 10.8. The molecule has 1 aliphatic heterocycles. The van der Waals surface area contributed by atoms with E-state index in [1.165, 1.54) is 11.3 Å². The van der Waals surface area contributed by atoms with Gasteiger partial charge in [0.15, 0.2) is 0 Å². The Morgan fingerprint density at radius 1 is 1.30 bits per heavy atom. The first-order chi connectivity index (χ1) is 13.2. The van der Waals surface area contributed by atoms with Crippen LogP contribution in [0, 0.1) is 0 Å². The van der Waals surface area contributed by atoms with E-state index in [-0.39, 0.29) is 5.91 Å². The van der Waals surface area contributed by atoms with Crippen LogP contribution in [0.3, 0.4) is 0 Å². The van der Waals surface area contributed by atoms with Gasteiger partial charge in [0, 0.05) is 43.3 Å². The molecule has 0 fully saturated rings. The maximum atomic E-state index is 12.7. The molecular weight excluding hydrogens is 338 g/mol. The highest BCUT2D eigenvalue weighted by molar-refractivity contribution is 5.99. The van der Waals surface area contributed by atoms with Gasteiger partial charge in [-0.25, -0.2) is 0 Å². The monoisotopic (exact) mass is 361 g/mol. The number of aromatic nitrogens is 3. The molecule has 0 aliphatic carbocycles. The average molecular weight is 361 g/mol. The van der Waals surface area contributed by atoms with E-state index >= 15 is 0 Å². The van der Waals surface area contributed by atoms with E-state index in [0.717, 1.165) is 24.8 Å². The van der Waals surface area contributed by atoms with Crippen LogP contribution in [0.25, 0.3) is 11.3 Å². The third kappa shape index (κ3) is 3.84. The van der Waals surface area contributed by atoms with E-state index in [9.17, 15) is 4.79 Å². The Hall–Kier alpha value is -3.15. The summed E-state index contributed by atoms with van der Waals surface area (Å²) >= 11 is 0. The number of amides is 1. The van der Waals surface area contributed by atoms with Gasteiger partial charge in [-0.1, -0.05) is 18.2 Å². The third-order valence-electron chi connectivity index (χ3n) is 4.95. The zero-order valence-corrected chi connectivity index (χ0v) is 15.4. The van der Waals surface area contributed by atoms with Crippen LogP contribution in [-0.4, -0.2) is 33.3 Å². The van der Waals surface area contributed by atoms with Crippen molar-refractivity contribution in [2.45, 2.75) is 25.3 Å². The number of fused-ring (bicyclic) bond motifs is 1. The van der Waals surface area contributed by atoms with Crippen LogP contribution in [0.2, 0.25) is 0 Å². The molecule has 3 aromatic rings. The summed E-state index contributed by atoms with van der Waals surface area (Å²) in [7, 11) is 1.85. The SMILES string of the molecule is Cn1cc(-c2ncccc2C(=O)NCCC2CCc3ccccc3N2)cn1. The number of hydrogen-bond acceptors (Lipinski definition) is 4. The van der Waals surface area contributed by atoms with E-state index in [2.05, 4.69) is 45.0 Å². The molecule has 0 spiro atoms. The van der Waals surface area contributed by atoms with Crippen molar-refractivity contribution in [3.63, 3.8) is 0 Å². The zero-order chi connectivity index (χ0) is 18.6. The van der Waals surface area contributed by atoms with Gasteiger partial charge in [0.2, 0.25) is 0 Å². The van der Waals surface area contributed by atoms with Crippen LogP contribution >= 0.6 is 0 Å². The molecule has 0 bridgehead atoms. The molecule has 27 heavy (non-hydrogen) atoms. The fourth-order valence-corrected chi connectivity index (χ4v) is 3.53. The molecule has 1 atom stereocenters. The van der Waals surface area contributed by atoms with Crippen molar-refractivity contribution >= 4 is 11.6 Å². The number of pyridine rings is 1. The van der Waals surface area contributed by atoms with Gasteiger partial charge in [-0.15, -0.1) is 0 Å². The van der Waals surface area contributed by atoms with Gasteiger partial charge >= 0.3 is 0 Å². The highest BCUT2D eigenvalue weighted by Crippen LogP contribution is 2.25. The van der Waals surface area contributed by atoms with Gasteiger partial charge < -0.3 is 10.6 Å². The molecular formula is C21H23N5O. The minimum absolute atomic E-state index is 0.0989. The number of benzene rings is 1. The van der Waals surface area contributed by atoms with Gasteiger partial charge in [0.05, 0.1) is 17.5 Å². The number of rotatable bonds is 5. The highest BCUT2D eigenvalue weighted by atomic mass is 16.1. The topological polar surface area (TPSA) is 71.8 Å². The van der Waals surface area contributed by atoms with Crippen LogP contribution in [0.15, 0.2) is 55.0 Å². The van der Waals surface area contributed by atoms with Crippen LogP contribution in [0.4, 0.5) is 5.69 Å². The molecule has 2 aromatic heterocycles. The Labute approximate surface area is 158 Å². The lowest BCUT2D eigenvalue weighted by atomic mass is 9.96. The number of aryl methyl sites for hydroxylation is 2. The summed E-state index contributed by atoms with van der Waals surface area (Å²) in [6.07, 6.45) is 8.34. The Bertz CT molecular complexity index is 949. The fourth-order valence-electron chi connectivity index (χ4n) is 3.53. The lowest BCUT2D eigenvalue weighted by Crippen LogP contribution is -2.32. The number of carbonyl (C=O) groups excluding carboxylic acids is 1. The van der Waals surface area contributed by atoms with Crippen LogP contribution in [-0.2, 0) is 13.5 Å². The van der Waals surface area contributed by atoms with Gasteiger partial charge in [-0.05, 0) is 43.0 Å². The van der Waals surface area contributed by atoms with Crippen molar-refractivity contribution in [3.05, 3.63) is 66.1 Å². The van der Waals surface area contributed by atoms with Crippen molar-refractivity contribution in [3.8, 4) is 11.3 Å². The van der Waals surface area contributed by atoms with E-state index in [0.29, 0.717) is 23.8 Å². The predicted octanol–water partition coefficient (Wildman–Crippen LogP) is 3.03. The van der Waals surface area contributed by atoms with Crippen LogP contribution in [0.5, 0.6) is 0 Å². The van der Waals surface area contributed by atoms with Crippen molar-refractivity contribution in [2.24, 2.45) is 7.05 Å². The minimum Gasteiger partial charge on any atom is -0.382 e. The first kappa shape index (κ1) is 17.3. The second-order valence-electron chi connectivity index (χ2n) is 6.88. The number of para-hydroxylation sites is 1. The average Bonchev–Trinajstić information content (AvgIpc) is 3.14. The summed E-state index contributed by atoms with van der Waals surface area (Å²) in [5.74, 6) is -0.0989. The maximum absolute atomic E-state index is 12.7. The molecule has 1 unspecified atom stereocenters. The second kappa shape index (κ2) is 7.61. The van der Waals surface area contributed by atoms with E-state index in [1.54, 1.807) is 29.2 Å². The highest BCUT2D eigenvalue weighted by Gasteiger charge is 2.18. The minimum atomic E-state index is -0.0989. The first-order valence-corrected chi connectivity index (χ1v) is 9.27. The molecule has 1 aromatic carbocycles. The molecule has 3 heterocycles. The normalized spacial score (nSPS) is 15.7. The third-order valence-corrected chi connectivity index (χ3v) is 4.95. The zero-order valence-electron chi connectivity index (χ0n) is 15.4. The molecule has 1 aliphatic rings. The Morgan fingerprint density at radius 2 is 2.19 bits per heavy atom. The Kier molecular flexibility index (Phi) is 4.87. The summed E-state index contributed by atoms with van der Waals surface area (Å²) in [6, 6.07) is 12.4. The van der Waals surface area contributed by atoms with Gasteiger partial charge in [0.25, 0.3) is 5.91 Å². The lowest BCUT2D eigenvalue weighted by Gasteiger charge is -2.27. The van der Waals surface area contributed by atoms with Crippen molar-refractivity contribution in [1.82, 2.24) is 20.1 Å². The standard InChI is InChI=1S/C21H23N5O/c1-26-14-16(13-24-26)20-18(6-4-11-22-20)21(27)23-12-10-17-9-8-15-5-2-3-7-19(15)25-17/h2-7,11,13-14,17,25H,8-10,12H2,1H3,(H,23,27). The van der Waals surface area contributed by atoms with E-state index in [4.69, 9.17) is 0 Å². The summed E-state index contributed by atoms with van der Waals surface area (Å²) < 4.78 is 1.71. The quantitative estimate of drug-likeness (QED) is 0.733. The number of hydrogen-bond donors (Lipinski definition) is 2. The number of carbonyl (C=O) groups is 1. The molecule has 0 saturated carbocycles. The molecule has 0 radical (unpaired) electrons. The van der Waals surface area contributed by atoms with Crippen molar-refractivity contribution < 1.29 is 4.79 Å². The van der Waals surface area contributed by atoms with Crippen molar-refractivity contribution in [2.75, 3.05) is 11.9 Å². The number of nitrogens with zero attached hydrogens (tertiary/aromatic N) is 3. The molecule has 1 amide bonds. The van der Waals surface area contributed by atoms with Crippen LogP contribution in [0.1, 0.15) is 28.8 Å². The Morgan fingerprint density at radius 3 is 3.04 bits per heavy atom. The van der Waals surface area contributed by atoms with Gasteiger partial charge in [-0.2, -0.15) is 5.10 Å². The number of nitrogens with one attached hydrogen (secondary N) is 2. The molecule has 6 nitrogen and oxygen atoms in total. The van der Waals surface area contributed by atoms with Crippen LogP contribution < -0.4 is 10.6 Å². The second-order valence-corrected chi connectivity index (χ2v) is 6.88. The summed E-state index contributed by atoms with van der Waals surface area (Å²) in [6.45, 7) is 0.625. The first-order valence-electron chi connectivity index (χ1n) is 9.27. The van der Waals surface area contributed by atoms with E-state index in [1.807, 2.05) is 13.2 Å². The lowest BCUT2D eigenvalue weighted by molar-refractivity contribution is 0.0953. The fraction of sp³-hybridized carbons (Fsp3) is 0.286. The maximum Gasteiger partial charge on any atom is 0.253 e. The Balaban J connectivity index is 1.37. The molecule has 138 valence electrons. The molecule has 0 saturated heterocycles. The largest absolute Gasteiger partial charge is 0.382 e. The summed E-state index contributed by atoms with van der Waals surface area (Å²) in [4.78, 5) is 17.1. The van der Waals surface area contributed by atoms with E-state index < -0.39 is 0 Å². The molecule has 2 N–H and O–H groups in total. The predicted molar refractivity (Wildman–Crippen MR) is 106 cm³/mol. The molecule has 6 heteroatoms. The summed E-state index contributed by atoms with van der Waals surface area (Å²) in [5.41, 5.74) is 4.66. The van der Waals surface area contributed by atoms with Crippen molar-refractivity contribution in [1.29, 1.82) is 0 Å². The van der Waals surface area contributed by atoms with Gasteiger partial charge in [-0.3, -0.25) is 14.5 Å². The molecule has 4 rings (SSSR count). The van der Waals surface area contributed by atoms with Gasteiger partial charge in [0.1, 0.15) is 0 Å². The smallest absolute Gasteiger partial charge is 0.253 e.